The summed E-state index contributed by atoms with van der Waals surface area (Å²) in [6.07, 6.45) is 2.31. The minimum atomic E-state index is 0.0933. The van der Waals surface area contributed by atoms with Crippen molar-refractivity contribution in [1.29, 1.82) is 0 Å². The van der Waals surface area contributed by atoms with Gasteiger partial charge in [0.2, 0.25) is 0 Å². The van der Waals surface area contributed by atoms with E-state index in [0.717, 1.165) is 24.0 Å². The van der Waals surface area contributed by atoms with Gasteiger partial charge in [-0.2, -0.15) is 0 Å². The molecule has 0 unspecified atom stereocenters. The van der Waals surface area contributed by atoms with Gasteiger partial charge in [0.1, 0.15) is 0 Å². The summed E-state index contributed by atoms with van der Waals surface area (Å²) in [5.41, 5.74) is 7.09. The van der Waals surface area contributed by atoms with Gasteiger partial charge in [-0.1, -0.05) is 6.92 Å². The van der Waals surface area contributed by atoms with E-state index < -0.39 is 0 Å². The number of likely N-dealkylation sites (tertiary alicyclic amines) is 1. The molecule has 0 aliphatic carbocycles. The smallest absolute Gasteiger partial charge is 0.253 e. The van der Waals surface area contributed by atoms with E-state index in [1.165, 1.54) is 6.42 Å². The molecule has 2 N–H and O–H groups in total. The molecule has 1 atom stereocenters. The molecule has 1 aromatic carbocycles. The number of amides is 1. The molecule has 0 spiro atoms. The van der Waals surface area contributed by atoms with Crippen LogP contribution in [0.3, 0.4) is 0 Å². The van der Waals surface area contributed by atoms with Crippen LogP contribution in [0.25, 0.3) is 0 Å². The Hall–Kier alpha value is -1.03. The molecule has 4 heteroatoms. The first-order chi connectivity index (χ1) is 8.08. The molecule has 1 fully saturated rings. The van der Waals surface area contributed by atoms with Gasteiger partial charge >= 0.3 is 0 Å². The van der Waals surface area contributed by atoms with Crippen molar-refractivity contribution in [2.75, 3.05) is 18.8 Å². The molecule has 0 bridgehead atoms. The Kier molecular flexibility index (Phi) is 3.72. The summed E-state index contributed by atoms with van der Waals surface area (Å²) in [5.74, 6) is 0.691. The zero-order valence-corrected chi connectivity index (χ0v) is 11.5. The van der Waals surface area contributed by atoms with E-state index >= 15 is 0 Å². The van der Waals surface area contributed by atoms with E-state index in [9.17, 15) is 4.79 Å². The van der Waals surface area contributed by atoms with E-state index in [-0.39, 0.29) is 5.91 Å². The normalized spacial score (nSPS) is 20.4. The number of nitrogens with two attached hydrogens (primary N) is 1. The van der Waals surface area contributed by atoms with Crippen LogP contribution in [0.5, 0.6) is 0 Å². The minimum absolute atomic E-state index is 0.0933. The zero-order valence-electron chi connectivity index (χ0n) is 9.95. The van der Waals surface area contributed by atoms with Gasteiger partial charge in [0.05, 0.1) is 0 Å². The highest BCUT2D eigenvalue weighted by molar-refractivity contribution is 9.10. The predicted molar refractivity (Wildman–Crippen MR) is 72.9 cm³/mol. The fourth-order valence-electron chi connectivity index (χ4n) is 2.23. The van der Waals surface area contributed by atoms with Crippen LogP contribution in [-0.2, 0) is 0 Å². The maximum atomic E-state index is 12.3. The first-order valence-corrected chi connectivity index (χ1v) is 6.71. The molecule has 0 radical (unpaired) electrons. The number of piperidine rings is 1. The van der Waals surface area contributed by atoms with E-state index in [1.807, 2.05) is 17.0 Å². The third-order valence-electron chi connectivity index (χ3n) is 3.19. The van der Waals surface area contributed by atoms with Crippen molar-refractivity contribution < 1.29 is 4.79 Å². The number of nitrogen functional groups attached to an aromatic ring is 1. The monoisotopic (exact) mass is 296 g/mol. The molecule has 3 nitrogen and oxygen atoms in total. The van der Waals surface area contributed by atoms with Crippen LogP contribution in [-0.4, -0.2) is 23.9 Å². The van der Waals surface area contributed by atoms with Gasteiger partial charge in [0.25, 0.3) is 5.91 Å². The third-order valence-corrected chi connectivity index (χ3v) is 3.91. The van der Waals surface area contributed by atoms with Crippen LogP contribution in [0, 0.1) is 5.92 Å². The quantitative estimate of drug-likeness (QED) is 0.810. The van der Waals surface area contributed by atoms with Crippen molar-refractivity contribution in [3.05, 3.63) is 28.2 Å². The van der Waals surface area contributed by atoms with Crippen LogP contribution in [0.4, 0.5) is 5.69 Å². The fraction of sp³-hybridized carbons (Fsp3) is 0.462. The summed E-state index contributed by atoms with van der Waals surface area (Å²) < 4.78 is 0.834. The van der Waals surface area contributed by atoms with Crippen molar-refractivity contribution in [3.8, 4) is 0 Å². The highest BCUT2D eigenvalue weighted by Gasteiger charge is 2.22. The summed E-state index contributed by atoms with van der Waals surface area (Å²) in [6, 6.07) is 5.39. The van der Waals surface area contributed by atoms with Gasteiger partial charge in [-0.15, -0.1) is 0 Å². The van der Waals surface area contributed by atoms with E-state index in [0.29, 0.717) is 17.2 Å². The lowest BCUT2D eigenvalue weighted by molar-refractivity contribution is 0.0683. The summed E-state index contributed by atoms with van der Waals surface area (Å²) >= 11 is 3.33. The Morgan fingerprint density at radius 1 is 1.53 bits per heavy atom. The maximum Gasteiger partial charge on any atom is 0.253 e. The van der Waals surface area contributed by atoms with Crippen molar-refractivity contribution >= 4 is 27.5 Å². The molecule has 1 aliphatic rings. The van der Waals surface area contributed by atoms with Gasteiger partial charge in [0, 0.05) is 28.8 Å². The lowest BCUT2D eigenvalue weighted by Crippen LogP contribution is -2.39. The number of benzene rings is 1. The Morgan fingerprint density at radius 3 is 2.94 bits per heavy atom. The number of carbonyl (C=O) groups excluding carboxylic acids is 1. The second-order valence-corrected chi connectivity index (χ2v) is 5.59. The molecule has 0 saturated carbocycles. The Bertz CT molecular complexity index is 433. The van der Waals surface area contributed by atoms with Gasteiger partial charge in [-0.3, -0.25) is 4.79 Å². The molecular weight excluding hydrogens is 280 g/mol. The molecule has 1 aliphatic heterocycles. The predicted octanol–water partition coefficient (Wildman–Crippen LogP) is 2.90. The SMILES string of the molecule is C[C@H]1CCCN(C(=O)c2ccc(Br)c(N)c2)C1. The molecule has 1 aromatic rings. The molecule has 1 saturated heterocycles. The Balaban J connectivity index is 2.15. The van der Waals surface area contributed by atoms with Crippen LogP contribution in [0.15, 0.2) is 22.7 Å². The maximum absolute atomic E-state index is 12.3. The zero-order chi connectivity index (χ0) is 12.4. The second kappa shape index (κ2) is 5.08. The molecule has 2 rings (SSSR count). The molecule has 92 valence electrons. The fourth-order valence-corrected chi connectivity index (χ4v) is 2.48. The largest absolute Gasteiger partial charge is 0.398 e. The van der Waals surface area contributed by atoms with Crippen molar-refractivity contribution in [1.82, 2.24) is 4.90 Å². The molecule has 0 aromatic heterocycles. The Morgan fingerprint density at radius 2 is 2.29 bits per heavy atom. The van der Waals surface area contributed by atoms with Gasteiger partial charge in [-0.25, -0.2) is 0 Å². The first kappa shape index (κ1) is 12.4. The minimum Gasteiger partial charge on any atom is -0.398 e. The number of carbonyl (C=O) groups is 1. The van der Waals surface area contributed by atoms with Crippen LogP contribution >= 0.6 is 15.9 Å². The number of hydrogen-bond acceptors (Lipinski definition) is 2. The van der Waals surface area contributed by atoms with E-state index in [1.54, 1.807) is 6.07 Å². The highest BCUT2D eigenvalue weighted by Crippen LogP contribution is 2.23. The van der Waals surface area contributed by atoms with Gasteiger partial charge in [0.15, 0.2) is 0 Å². The van der Waals surface area contributed by atoms with Gasteiger partial charge in [-0.05, 0) is 52.9 Å². The number of anilines is 1. The van der Waals surface area contributed by atoms with E-state index in [2.05, 4.69) is 22.9 Å². The van der Waals surface area contributed by atoms with Gasteiger partial charge < -0.3 is 10.6 Å². The van der Waals surface area contributed by atoms with Crippen molar-refractivity contribution in [2.24, 2.45) is 5.92 Å². The lowest BCUT2D eigenvalue weighted by atomic mass is 9.99. The second-order valence-electron chi connectivity index (χ2n) is 4.73. The van der Waals surface area contributed by atoms with Crippen LogP contribution in [0.1, 0.15) is 30.1 Å². The van der Waals surface area contributed by atoms with E-state index in [4.69, 9.17) is 5.73 Å². The topological polar surface area (TPSA) is 46.3 Å². The molecular formula is C13H17BrN2O. The highest BCUT2D eigenvalue weighted by atomic mass is 79.9. The molecule has 17 heavy (non-hydrogen) atoms. The Labute approximate surface area is 110 Å². The standard InChI is InChI=1S/C13H17BrN2O/c1-9-3-2-6-16(8-9)13(17)10-4-5-11(14)12(15)7-10/h4-5,7,9H,2-3,6,8,15H2,1H3/t9-/m0/s1. The average Bonchev–Trinajstić information content (AvgIpc) is 2.32. The molecule has 1 amide bonds. The summed E-state index contributed by atoms with van der Waals surface area (Å²) in [5, 5.41) is 0. The summed E-state index contributed by atoms with van der Waals surface area (Å²) in [6.45, 7) is 3.91. The number of hydrogen-bond donors (Lipinski definition) is 1. The van der Waals surface area contributed by atoms with Crippen molar-refractivity contribution in [2.45, 2.75) is 19.8 Å². The van der Waals surface area contributed by atoms with Crippen LogP contribution in [0.2, 0.25) is 0 Å². The number of rotatable bonds is 1. The molecule has 1 heterocycles. The number of nitrogens with zero attached hydrogens (tertiary/aromatic N) is 1. The summed E-state index contributed by atoms with van der Waals surface area (Å²) in [7, 11) is 0. The average molecular weight is 297 g/mol. The first-order valence-electron chi connectivity index (χ1n) is 5.92. The van der Waals surface area contributed by atoms with Crippen LogP contribution < -0.4 is 5.73 Å². The lowest BCUT2D eigenvalue weighted by Gasteiger charge is -2.31. The summed E-state index contributed by atoms with van der Waals surface area (Å²) in [4.78, 5) is 14.2. The third kappa shape index (κ3) is 2.80. The number of halogens is 1. The van der Waals surface area contributed by atoms with Crippen molar-refractivity contribution in [3.63, 3.8) is 0 Å².